The maximum absolute atomic E-state index is 2.35. The number of hydrogen-bond donors (Lipinski definition) is 0. The molecule has 1 aliphatic heterocycles. The van der Waals surface area contributed by atoms with E-state index in [9.17, 15) is 0 Å². The topological polar surface area (TPSA) is 0 Å². The highest BCUT2D eigenvalue weighted by Gasteiger charge is 2.20. The van der Waals surface area contributed by atoms with Gasteiger partial charge in [0.25, 0.3) is 0 Å². The lowest BCUT2D eigenvalue weighted by atomic mass is 10.1. The second-order valence-corrected chi connectivity index (χ2v) is 8.44. The van der Waals surface area contributed by atoms with Gasteiger partial charge in [0.1, 0.15) is 0 Å². The Morgan fingerprint density at radius 3 is 1.95 bits per heavy atom. The van der Waals surface area contributed by atoms with Crippen LogP contribution in [-0.4, -0.2) is 11.0 Å². The van der Waals surface area contributed by atoms with E-state index in [1.165, 1.54) is 76.4 Å². The van der Waals surface area contributed by atoms with Crippen LogP contribution in [0, 0.1) is 0 Å². The zero-order valence-electron chi connectivity index (χ0n) is 13.9. The van der Waals surface area contributed by atoms with Gasteiger partial charge in [-0.05, 0) is 41.9 Å². The van der Waals surface area contributed by atoms with Gasteiger partial charge in [0.2, 0.25) is 0 Å². The van der Waals surface area contributed by atoms with Crippen LogP contribution < -0.4 is 0 Å². The highest BCUT2D eigenvalue weighted by molar-refractivity contribution is 8.10. The van der Waals surface area contributed by atoms with Crippen LogP contribution in [0.15, 0.2) is 9.81 Å². The molecule has 20 heavy (non-hydrogen) atoms. The molecule has 0 aromatic rings. The van der Waals surface area contributed by atoms with Crippen LogP contribution in [0.1, 0.15) is 91.4 Å². The van der Waals surface area contributed by atoms with E-state index in [0.29, 0.717) is 0 Å². The summed E-state index contributed by atoms with van der Waals surface area (Å²) in [6.07, 6.45) is 15.2. The Hall–Kier alpha value is 0.440. The van der Waals surface area contributed by atoms with Gasteiger partial charge in [0.05, 0.1) is 0 Å². The smallest absolute Gasteiger partial charge is 0.0183 e. The summed E-state index contributed by atoms with van der Waals surface area (Å²) in [5.74, 6) is 1.35. The first-order valence-corrected chi connectivity index (χ1v) is 10.7. The Balaban J connectivity index is 2.44. The lowest BCUT2D eigenvalue weighted by Gasteiger charge is -2.26. The van der Waals surface area contributed by atoms with E-state index in [2.05, 4.69) is 44.3 Å². The minimum atomic E-state index is 0.876. The van der Waals surface area contributed by atoms with Gasteiger partial charge in [-0.1, -0.05) is 59.3 Å². The van der Waals surface area contributed by atoms with E-state index in [-0.39, 0.29) is 0 Å². The van der Waals surface area contributed by atoms with Crippen molar-refractivity contribution in [2.24, 2.45) is 0 Å². The molecule has 0 nitrogen and oxygen atoms in total. The van der Waals surface area contributed by atoms with Crippen LogP contribution in [0.2, 0.25) is 0 Å². The summed E-state index contributed by atoms with van der Waals surface area (Å²) < 4.78 is 0. The van der Waals surface area contributed by atoms with E-state index in [0.717, 1.165) is 5.25 Å². The predicted octanol–water partition coefficient (Wildman–Crippen LogP) is 7.40. The molecule has 0 aromatic heterocycles. The fourth-order valence-electron chi connectivity index (χ4n) is 2.61. The highest BCUT2D eigenvalue weighted by atomic mass is 32.2. The fraction of sp³-hybridized carbons (Fsp3) is 0.889. The van der Waals surface area contributed by atoms with Crippen molar-refractivity contribution in [1.29, 1.82) is 0 Å². The maximum atomic E-state index is 2.35. The van der Waals surface area contributed by atoms with Crippen LogP contribution in [0.4, 0.5) is 0 Å². The van der Waals surface area contributed by atoms with Crippen LogP contribution in [0.5, 0.6) is 0 Å². The minimum absolute atomic E-state index is 0.876. The summed E-state index contributed by atoms with van der Waals surface area (Å²) in [4.78, 5) is 3.52. The Morgan fingerprint density at radius 2 is 1.40 bits per heavy atom. The molecule has 1 heterocycles. The van der Waals surface area contributed by atoms with Crippen molar-refractivity contribution in [3.8, 4) is 0 Å². The molecule has 0 bridgehead atoms. The number of allylic oxidation sites excluding steroid dienone is 2. The van der Waals surface area contributed by atoms with Gasteiger partial charge in [-0.3, -0.25) is 0 Å². The maximum Gasteiger partial charge on any atom is 0.0183 e. The summed E-state index contributed by atoms with van der Waals surface area (Å²) in [6.45, 7) is 6.95. The molecule has 1 rings (SSSR count). The van der Waals surface area contributed by atoms with Crippen molar-refractivity contribution in [1.82, 2.24) is 0 Å². The molecule has 0 spiro atoms. The molecule has 0 amide bonds. The van der Waals surface area contributed by atoms with Gasteiger partial charge in [-0.15, -0.1) is 23.5 Å². The van der Waals surface area contributed by atoms with Gasteiger partial charge in [0.15, 0.2) is 0 Å². The molecule has 2 heteroatoms. The molecule has 0 saturated carbocycles. The summed E-state index contributed by atoms with van der Waals surface area (Å²) in [7, 11) is 0. The van der Waals surface area contributed by atoms with Crippen LogP contribution in [0.25, 0.3) is 0 Å². The molecule has 0 saturated heterocycles. The third kappa shape index (κ3) is 7.45. The Kier molecular flexibility index (Phi) is 11.1. The van der Waals surface area contributed by atoms with Gasteiger partial charge in [-0.25, -0.2) is 0 Å². The van der Waals surface area contributed by atoms with E-state index in [1.54, 1.807) is 9.81 Å². The third-order valence-electron chi connectivity index (χ3n) is 4.03. The average Bonchev–Trinajstić information content (AvgIpc) is 2.49. The number of unbranched alkanes of at least 4 members (excludes halogenated alkanes) is 6. The number of rotatable bonds is 11. The van der Waals surface area contributed by atoms with Crippen LogP contribution >= 0.6 is 23.5 Å². The standard InChI is InChI=1S/C18H34S2/c1-4-7-9-11-13-17-18(14-12-10-8-5-2)20-16(6-3)15-19-17/h16H,4-15H2,1-3H3. The number of hydrogen-bond acceptors (Lipinski definition) is 2. The van der Waals surface area contributed by atoms with E-state index in [4.69, 9.17) is 0 Å². The lowest BCUT2D eigenvalue weighted by molar-refractivity contribution is 0.660. The summed E-state index contributed by atoms with van der Waals surface area (Å²) in [6, 6.07) is 0. The molecule has 1 unspecified atom stereocenters. The zero-order chi connectivity index (χ0) is 14.6. The van der Waals surface area contributed by atoms with E-state index in [1.807, 2.05) is 0 Å². The third-order valence-corrected chi connectivity index (χ3v) is 7.31. The second-order valence-electron chi connectivity index (χ2n) is 5.93. The van der Waals surface area contributed by atoms with Gasteiger partial charge < -0.3 is 0 Å². The van der Waals surface area contributed by atoms with Crippen molar-refractivity contribution in [2.45, 2.75) is 96.7 Å². The van der Waals surface area contributed by atoms with Crippen molar-refractivity contribution in [3.05, 3.63) is 9.81 Å². The molecular formula is C18H34S2. The number of thioether (sulfide) groups is 2. The van der Waals surface area contributed by atoms with E-state index >= 15 is 0 Å². The molecule has 0 radical (unpaired) electrons. The normalized spacial score (nSPS) is 19.6. The monoisotopic (exact) mass is 314 g/mol. The molecule has 0 aliphatic carbocycles. The largest absolute Gasteiger partial charge is 0.129 e. The Bertz CT molecular complexity index is 271. The molecule has 0 fully saturated rings. The molecule has 0 N–H and O–H groups in total. The average molecular weight is 315 g/mol. The van der Waals surface area contributed by atoms with Crippen LogP contribution in [0.3, 0.4) is 0 Å². The fourth-order valence-corrected chi connectivity index (χ4v) is 5.65. The van der Waals surface area contributed by atoms with Crippen molar-refractivity contribution < 1.29 is 0 Å². The molecular weight excluding hydrogens is 280 g/mol. The second kappa shape index (κ2) is 12.0. The predicted molar refractivity (Wildman–Crippen MR) is 98.7 cm³/mol. The molecule has 1 aliphatic rings. The lowest BCUT2D eigenvalue weighted by Crippen LogP contribution is -2.10. The summed E-state index contributed by atoms with van der Waals surface area (Å²) in [5, 5.41) is 0.876. The summed E-state index contributed by atoms with van der Waals surface area (Å²) in [5.41, 5.74) is 0. The van der Waals surface area contributed by atoms with Crippen molar-refractivity contribution >= 4 is 23.5 Å². The van der Waals surface area contributed by atoms with Gasteiger partial charge in [0, 0.05) is 11.0 Å². The minimum Gasteiger partial charge on any atom is -0.129 e. The zero-order valence-corrected chi connectivity index (χ0v) is 15.5. The quantitative estimate of drug-likeness (QED) is 0.364. The SMILES string of the molecule is CCCCCCC1=C(CCCCCC)SC(CC)CS1. The van der Waals surface area contributed by atoms with Gasteiger partial charge in [-0.2, -0.15) is 0 Å². The molecule has 1 atom stereocenters. The molecule has 0 aromatic carbocycles. The first kappa shape index (κ1) is 18.5. The van der Waals surface area contributed by atoms with Crippen molar-refractivity contribution in [3.63, 3.8) is 0 Å². The summed E-state index contributed by atoms with van der Waals surface area (Å²) >= 11 is 4.40. The van der Waals surface area contributed by atoms with Crippen LogP contribution in [-0.2, 0) is 0 Å². The van der Waals surface area contributed by atoms with Crippen molar-refractivity contribution in [2.75, 3.05) is 5.75 Å². The Morgan fingerprint density at radius 1 is 0.800 bits per heavy atom. The van der Waals surface area contributed by atoms with Gasteiger partial charge >= 0.3 is 0 Å². The first-order chi connectivity index (χ1) is 9.81. The van der Waals surface area contributed by atoms with E-state index < -0.39 is 0 Å². The Labute approximate surface area is 135 Å². The molecule has 118 valence electrons. The first-order valence-electron chi connectivity index (χ1n) is 8.83. The highest BCUT2D eigenvalue weighted by Crippen LogP contribution is 2.44.